The van der Waals surface area contributed by atoms with Crippen LogP contribution in [-0.2, 0) is 11.3 Å². The number of nitrogens with zero attached hydrogens (tertiary/aromatic N) is 3. The second-order valence-electron chi connectivity index (χ2n) is 5.84. The Morgan fingerprint density at radius 1 is 1.04 bits per heavy atom. The van der Waals surface area contributed by atoms with Gasteiger partial charge in [-0.3, -0.25) is 14.9 Å². The Bertz CT molecular complexity index is 791. The highest BCUT2D eigenvalue weighted by molar-refractivity contribution is 5.78. The summed E-state index contributed by atoms with van der Waals surface area (Å²) in [7, 11) is 0. The van der Waals surface area contributed by atoms with Crippen LogP contribution in [0.4, 0.5) is 0 Å². The molecule has 1 aliphatic rings. The summed E-state index contributed by atoms with van der Waals surface area (Å²) in [6.45, 7) is 3.36. The lowest BCUT2D eigenvalue weighted by Gasteiger charge is -2.32. The Kier molecular flexibility index (Phi) is 4.01. The lowest BCUT2D eigenvalue weighted by molar-refractivity contribution is -0.0353. The van der Waals surface area contributed by atoms with Crippen molar-refractivity contribution in [3.63, 3.8) is 0 Å². The molecule has 4 nitrogen and oxygen atoms in total. The van der Waals surface area contributed by atoms with Gasteiger partial charge < -0.3 is 4.74 Å². The van der Waals surface area contributed by atoms with E-state index >= 15 is 0 Å². The monoisotopic (exact) mass is 305 g/mol. The first-order valence-electron chi connectivity index (χ1n) is 7.98. The van der Waals surface area contributed by atoms with Crippen molar-refractivity contribution in [1.82, 2.24) is 14.9 Å². The third-order valence-corrected chi connectivity index (χ3v) is 4.21. The molecule has 23 heavy (non-hydrogen) atoms. The molecule has 0 amide bonds. The number of hydrogen-bond acceptors (Lipinski definition) is 4. The molecule has 0 spiro atoms. The van der Waals surface area contributed by atoms with Gasteiger partial charge in [0.2, 0.25) is 0 Å². The van der Waals surface area contributed by atoms with Crippen molar-refractivity contribution in [1.29, 1.82) is 0 Å². The molecule has 4 rings (SSSR count). The van der Waals surface area contributed by atoms with E-state index in [2.05, 4.69) is 34.1 Å². The third kappa shape index (κ3) is 3.23. The molecule has 2 aromatic heterocycles. The molecule has 0 bridgehead atoms. The summed E-state index contributed by atoms with van der Waals surface area (Å²) in [6.07, 6.45) is 1.87. The van der Waals surface area contributed by atoms with Crippen LogP contribution in [0, 0.1) is 0 Å². The van der Waals surface area contributed by atoms with Gasteiger partial charge in [-0.05, 0) is 24.3 Å². The zero-order valence-corrected chi connectivity index (χ0v) is 12.9. The average molecular weight is 305 g/mol. The van der Waals surface area contributed by atoms with Gasteiger partial charge in [0.15, 0.2) is 0 Å². The van der Waals surface area contributed by atoms with E-state index in [1.54, 1.807) is 0 Å². The van der Waals surface area contributed by atoms with Gasteiger partial charge in [0, 0.05) is 31.2 Å². The highest BCUT2D eigenvalue weighted by Crippen LogP contribution is 2.21. The fourth-order valence-corrected chi connectivity index (χ4v) is 3.02. The maximum atomic E-state index is 5.88. The molecule has 1 unspecified atom stereocenters. The Hall–Kier alpha value is -2.30. The number of pyridine rings is 2. The lowest BCUT2D eigenvalue weighted by atomic mass is 10.1. The van der Waals surface area contributed by atoms with E-state index in [1.807, 2.05) is 36.5 Å². The van der Waals surface area contributed by atoms with Gasteiger partial charge in [-0.1, -0.05) is 30.3 Å². The molecule has 3 heterocycles. The first kappa shape index (κ1) is 14.3. The maximum Gasteiger partial charge on any atom is 0.112 e. The van der Waals surface area contributed by atoms with Crippen LogP contribution in [-0.4, -0.2) is 34.6 Å². The zero-order chi connectivity index (χ0) is 15.5. The predicted molar refractivity (Wildman–Crippen MR) is 90.0 cm³/mol. The molecule has 0 radical (unpaired) electrons. The molecular weight excluding hydrogens is 286 g/mol. The summed E-state index contributed by atoms with van der Waals surface area (Å²) >= 11 is 0. The fraction of sp³-hybridized carbons (Fsp3) is 0.263. The van der Waals surface area contributed by atoms with Crippen LogP contribution < -0.4 is 0 Å². The topological polar surface area (TPSA) is 38.2 Å². The van der Waals surface area contributed by atoms with E-state index < -0.39 is 0 Å². The summed E-state index contributed by atoms with van der Waals surface area (Å²) in [6, 6.07) is 18.5. The smallest absolute Gasteiger partial charge is 0.112 e. The number of para-hydroxylation sites is 1. The summed E-state index contributed by atoms with van der Waals surface area (Å²) in [5.74, 6) is 0. The maximum absolute atomic E-state index is 5.88. The standard InChI is InChI=1S/C19H19N3O/c1-2-6-17-15(5-1)8-9-16(21-17)13-22-11-12-23-19(14-22)18-7-3-4-10-20-18/h1-10,19H,11-14H2. The predicted octanol–water partition coefficient (Wildman–Crippen LogP) is 3.20. The molecule has 116 valence electrons. The van der Waals surface area contributed by atoms with Gasteiger partial charge in [0.05, 0.1) is 23.5 Å². The van der Waals surface area contributed by atoms with Crippen molar-refractivity contribution < 1.29 is 4.74 Å². The number of benzene rings is 1. The van der Waals surface area contributed by atoms with E-state index in [9.17, 15) is 0 Å². The molecule has 0 aliphatic carbocycles. The van der Waals surface area contributed by atoms with Crippen LogP contribution in [0.3, 0.4) is 0 Å². The molecule has 1 saturated heterocycles. The van der Waals surface area contributed by atoms with E-state index in [4.69, 9.17) is 9.72 Å². The van der Waals surface area contributed by atoms with Gasteiger partial charge in [-0.2, -0.15) is 0 Å². The minimum Gasteiger partial charge on any atom is -0.369 e. The SMILES string of the molecule is c1ccc(C2CN(Cc3ccc4ccccc4n3)CCO2)nc1. The number of aromatic nitrogens is 2. The summed E-state index contributed by atoms with van der Waals surface area (Å²) in [5.41, 5.74) is 3.16. The second-order valence-corrected chi connectivity index (χ2v) is 5.84. The quantitative estimate of drug-likeness (QED) is 0.745. The first-order chi connectivity index (χ1) is 11.4. The number of morpholine rings is 1. The molecule has 3 aromatic rings. The molecule has 4 heteroatoms. The highest BCUT2D eigenvalue weighted by atomic mass is 16.5. The van der Waals surface area contributed by atoms with Crippen LogP contribution in [0.15, 0.2) is 60.8 Å². The minimum absolute atomic E-state index is 0.0467. The molecular formula is C19H19N3O. The minimum atomic E-state index is 0.0467. The Labute approximate surface area is 135 Å². The Morgan fingerprint density at radius 2 is 1.96 bits per heavy atom. The molecule has 0 saturated carbocycles. The van der Waals surface area contributed by atoms with E-state index in [0.717, 1.165) is 43.1 Å². The normalized spacial score (nSPS) is 19.0. The van der Waals surface area contributed by atoms with Crippen molar-refractivity contribution in [3.8, 4) is 0 Å². The Balaban J connectivity index is 1.49. The van der Waals surface area contributed by atoms with E-state index in [1.165, 1.54) is 5.39 Å². The van der Waals surface area contributed by atoms with E-state index in [-0.39, 0.29) is 6.10 Å². The van der Waals surface area contributed by atoms with Crippen LogP contribution in [0.1, 0.15) is 17.5 Å². The number of hydrogen-bond donors (Lipinski definition) is 0. The first-order valence-corrected chi connectivity index (χ1v) is 7.98. The second kappa shape index (κ2) is 6.44. The van der Waals surface area contributed by atoms with Crippen molar-refractivity contribution in [2.45, 2.75) is 12.6 Å². The van der Waals surface area contributed by atoms with Crippen molar-refractivity contribution in [2.24, 2.45) is 0 Å². The van der Waals surface area contributed by atoms with Gasteiger partial charge in [-0.25, -0.2) is 0 Å². The molecule has 1 fully saturated rings. The molecule has 1 atom stereocenters. The van der Waals surface area contributed by atoms with Crippen LogP contribution in [0.2, 0.25) is 0 Å². The van der Waals surface area contributed by atoms with Gasteiger partial charge in [-0.15, -0.1) is 0 Å². The van der Waals surface area contributed by atoms with Crippen LogP contribution in [0.25, 0.3) is 10.9 Å². The van der Waals surface area contributed by atoms with E-state index in [0.29, 0.717) is 0 Å². The van der Waals surface area contributed by atoms with Gasteiger partial charge in [0.25, 0.3) is 0 Å². The van der Waals surface area contributed by atoms with Gasteiger partial charge in [0.1, 0.15) is 6.10 Å². The summed E-state index contributed by atoms with van der Waals surface area (Å²) < 4.78 is 5.88. The molecule has 1 aliphatic heterocycles. The average Bonchev–Trinajstić information content (AvgIpc) is 2.63. The van der Waals surface area contributed by atoms with Gasteiger partial charge >= 0.3 is 0 Å². The number of rotatable bonds is 3. The third-order valence-electron chi connectivity index (χ3n) is 4.21. The van der Waals surface area contributed by atoms with Crippen molar-refractivity contribution in [2.75, 3.05) is 19.7 Å². The Morgan fingerprint density at radius 3 is 2.87 bits per heavy atom. The summed E-state index contributed by atoms with van der Waals surface area (Å²) in [5, 5.41) is 1.18. The fourth-order valence-electron chi connectivity index (χ4n) is 3.02. The molecule has 1 aromatic carbocycles. The van der Waals surface area contributed by atoms with Crippen LogP contribution >= 0.6 is 0 Å². The van der Waals surface area contributed by atoms with Crippen molar-refractivity contribution >= 4 is 10.9 Å². The highest BCUT2D eigenvalue weighted by Gasteiger charge is 2.23. The number of ether oxygens (including phenoxy) is 1. The van der Waals surface area contributed by atoms with Crippen molar-refractivity contribution in [3.05, 3.63) is 72.2 Å². The number of fused-ring (bicyclic) bond motifs is 1. The molecule has 0 N–H and O–H groups in total. The lowest BCUT2D eigenvalue weighted by Crippen LogP contribution is -2.38. The summed E-state index contributed by atoms with van der Waals surface area (Å²) in [4.78, 5) is 11.6. The largest absolute Gasteiger partial charge is 0.369 e. The zero-order valence-electron chi connectivity index (χ0n) is 12.9. The van der Waals surface area contributed by atoms with Crippen LogP contribution in [0.5, 0.6) is 0 Å².